The van der Waals surface area contributed by atoms with Gasteiger partial charge in [0.2, 0.25) is 5.91 Å². The summed E-state index contributed by atoms with van der Waals surface area (Å²) < 4.78 is 18.3. The van der Waals surface area contributed by atoms with Crippen LogP contribution >= 0.6 is 11.8 Å². The van der Waals surface area contributed by atoms with E-state index in [2.05, 4.69) is 15.5 Å². The predicted molar refractivity (Wildman–Crippen MR) is 124 cm³/mol. The maximum Gasteiger partial charge on any atom is 0.296 e. The first-order valence-electron chi connectivity index (χ1n) is 9.72. The van der Waals surface area contributed by atoms with Crippen LogP contribution in [-0.4, -0.2) is 33.9 Å². The molecule has 4 rings (SSSR count). The van der Waals surface area contributed by atoms with Gasteiger partial charge in [0.05, 0.1) is 23.9 Å². The van der Waals surface area contributed by atoms with Gasteiger partial charge in [-0.15, -0.1) is 10.2 Å². The summed E-state index contributed by atoms with van der Waals surface area (Å²) in [5.41, 5.74) is 1.14. The number of thioether (sulfide) groups is 1. The summed E-state index contributed by atoms with van der Waals surface area (Å²) >= 11 is 1.17. The molecular weight excluding hydrogens is 447 g/mol. The SMILES string of the molecule is COc1ccc(NC(=O)CSc2nnc(-c3ccc(F)cc3)c3ccccc23)c([N+](=O)[O-])c1. The Morgan fingerprint density at radius 1 is 1.09 bits per heavy atom. The van der Waals surface area contributed by atoms with E-state index >= 15 is 0 Å². The van der Waals surface area contributed by atoms with E-state index in [1.165, 1.54) is 49.2 Å². The van der Waals surface area contributed by atoms with Gasteiger partial charge in [0, 0.05) is 16.3 Å². The van der Waals surface area contributed by atoms with E-state index in [9.17, 15) is 19.3 Å². The third-order valence-corrected chi connectivity index (χ3v) is 5.77. The summed E-state index contributed by atoms with van der Waals surface area (Å²) in [6.45, 7) is 0. The fourth-order valence-corrected chi connectivity index (χ4v) is 3.99. The molecule has 0 radical (unpaired) electrons. The van der Waals surface area contributed by atoms with Gasteiger partial charge >= 0.3 is 0 Å². The molecule has 8 nitrogen and oxygen atoms in total. The molecule has 166 valence electrons. The largest absolute Gasteiger partial charge is 0.496 e. The smallest absolute Gasteiger partial charge is 0.296 e. The van der Waals surface area contributed by atoms with Crippen LogP contribution in [0.5, 0.6) is 5.75 Å². The number of nitrogens with zero attached hydrogens (tertiary/aromatic N) is 3. The highest BCUT2D eigenvalue weighted by molar-refractivity contribution is 8.00. The number of halogens is 1. The second kappa shape index (κ2) is 9.61. The van der Waals surface area contributed by atoms with Crippen LogP contribution < -0.4 is 10.1 Å². The number of hydrogen-bond acceptors (Lipinski definition) is 7. The fraction of sp³-hybridized carbons (Fsp3) is 0.0870. The number of rotatable bonds is 7. The van der Waals surface area contributed by atoms with Crippen molar-refractivity contribution in [3.63, 3.8) is 0 Å². The number of ether oxygens (including phenoxy) is 1. The summed E-state index contributed by atoms with van der Waals surface area (Å²) in [5.74, 6) is -0.484. The molecule has 0 fully saturated rings. The number of fused-ring (bicyclic) bond motifs is 1. The lowest BCUT2D eigenvalue weighted by atomic mass is 10.1. The number of anilines is 1. The van der Waals surface area contributed by atoms with Crippen LogP contribution in [0.15, 0.2) is 71.8 Å². The van der Waals surface area contributed by atoms with E-state index in [4.69, 9.17) is 4.74 Å². The number of amides is 1. The van der Waals surface area contributed by atoms with Crippen molar-refractivity contribution in [2.24, 2.45) is 0 Å². The molecule has 0 atom stereocenters. The maximum absolute atomic E-state index is 13.3. The molecular formula is C23H17FN4O4S. The van der Waals surface area contributed by atoms with E-state index in [0.29, 0.717) is 16.5 Å². The zero-order valence-electron chi connectivity index (χ0n) is 17.3. The van der Waals surface area contributed by atoms with Gasteiger partial charge in [0.1, 0.15) is 28.0 Å². The fourth-order valence-electron chi connectivity index (χ4n) is 3.22. The molecule has 0 saturated carbocycles. The quantitative estimate of drug-likeness (QED) is 0.231. The lowest BCUT2D eigenvalue weighted by molar-refractivity contribution is -0.384. The van der Waals surface area contributed by atoms with E-state index < -0.39 is 10.8 Å². The van der Waals surface area contributed by atoms with E-state index in [-0.39, 0.29) is 22.9 Å². The topological polar surface area (TPSA) is 107 Å². The number of carbonyl (C=O) groups excluding carboxylic acids is 1. The first kappa shape index (κ1) is 22.2. The van der Waals surface area contributed by atoms with Crippen molar-refractivity contribution < 1.29 is 18.8 Å². The Kier molecular flexibility index (Phi) is 6.45. The van der Waals surface area contributed by atoms with Crippen LogP contribution in [0.3, 0.4) is 0 Å². The Balaban J connectivity index is 1.55. The molecule has 0 saturated heterocycles. The maximum atomic E-state index is 13.3. The minimum atomic E-state index is -0.585. The summed E-state index contributed by atoms with van der Waals surface area (Å²) in [4.78, 5) is 23.2. The number of nitro groups is 1. The monoisotopic (exact) mass is 464 g/mol. The van der Waals surface area contributed by atoms with Gasteiger partial charge < -0.3 is 10.1 Å². The molecule has 33 heavy (non-hydrogen) atoms. The number of methoxy groups -OCH3 is 1. The van der Waals surface area contributed by atoms with Crippen molar-refractivity contribution >= 4 is 39.8 Å². The first-order chi connectivity index (χ1) is 16.0. The van der Waals surface area contributed by atoms with Crippen molar-refractivity contribution in [1.82, 2.24) is 10.2 Å². The number of nitrogens with one attached hydrogen (secondary N) is 1. The molecule has 1 heterocycles. The number of hydrogen-bond donors (Lipinski definition) is 1. The van der Waals surface area contributed by atoms with Gasteiger partial charge in [-0.3, -0.25) is 14.9 Å². The number of nitro benzene ring substituents is 1. The normalized spacial score (nSPS) is 10.7. The average Bonchev–Trinajstić information content (AvgIpc) is 2.83. The van der Waals surface area contributed by atoms with Crippen molar-refractivity contribution in [2.45, 2.75) is 5.03 Å². The Bertz CT molecular complexity index is 1350. The lowest BCUT2D eigenvalue weighted by Crippen LogP contribution is -2.15. The Morgan fingerprint density at radius 3 is 2.52 bits per heavy atom. The highest BCUT2D eigenvalue weighted by atomic mass is 32.2. The molecule has 10 heteroatoms. The first-order valence-corrected chi connectivity index (χ1v) is 10.7. The van der Waals surface area contributed by atoms with Gasteiger partial charge in [-0.05, 0) is 36.4 Å². The number of benzene rings is 3. The van der Waals surface area contributed by atoms with Crippen LogP contribution in [0.2, 0.25) is 0 Å². The van der Waals surface area contributed by atoms with Crippen molar-refractivity contribution in [3.05, 3.63) is 82.7 Å². The highest BCUT2D eigenvalue weighted by Crippen LogP contribution is 2.33. The molecule has 4 aromatic rings. The summed E-state index contributed by atoms with van der Waals surface area (Å²) in [6, 6.07) is 17.6. The van der Waals surface area contributed by atoms with Crippen LogP contribution in [0.4, 0.5) is 15.8 Å². The minimum absolute atomic E-state index is 0.0300. The highest BCUT2D eigenvalue weighted by Gasteiger charge is 2.18. The van der Waals surface area contributed by atoms with E-state index in [0.717, 1.165) is 16.3 Å². The lowest BCUT2D eigenvalue weighted by Gasteiger charge is -2.10. The van der Waals surface area contributed by atoms with Crippen LogP contribution in [0.25, 0.3) is 22.0 Å². The molecule has 0 aliphatic heterocycles. The molecule has 0 bridgehead atoms. The van der Waals surface area contributed by atoms with Crippen LogP contribution in [0, 0.1) is 15.9 Å². The molecule has 1 N–H and O–H groups in total. The van der Waals surface area contributed by atoms with Crippen molar-refractivity contribution in [2.75, 3.05) is 18.2 Å². The second-order valence-corrected chi connectivity index (χ2v) is 7.85. The second-order valence-electron chi connectivity index (χ2n) is 6.88. The molecule has 0 unspecified atom stereocenters. The van der Waals surface area contributed by atoms with Gasteiger partial charge in [0.25, 0.3) is 5.69 Å². The Hall–Kier alpha value is -4.05. The van der Waals surface area contributed by atoms with Gasteiger partial charge in [-0.2, -0.15) is 0 Å². The third-order valence-electron chi connectivity index (χ3n) is 4.79. The Labute approximate surface area is 191 Å². The zero-order valence-corrected chi connectivity index (χ0v) is 18.1. The average molecular weight is 464 g/mol. The molecule has 3 aromatic carbocycles. The Morgan fingerprint density at radius 2 is 1.82 bits per heavy atom. The van der Waals surface area contributed by atoms with Gasteiger partial charge in [-0.1, -0.05) is 36.0 Å². The van der Waals surface area contributed by atoms with Crippen molar-refractivity contribution in [3.8, 4) is 17.0 Å². The van der Waals surface area contributed by atoms with Crippen molar-refractivity contribution in [1.29, 1.82) is 0 Å². The zero-order chi connectivity index (χ0) is 23.4. The van der Waals surface area contributed by atoms with Crippen LogP contribution in [-0.2, 0) is 4.79 Å². The van der Waals surface area contributed by atoms with Gasteiger partial charge in [0.15, 0.2) is 0 Å². The predicted octanol–water partition coefficient (Wildman–Crippen LogP) is 5.08. The van der Waals surface area contributed by atoms with E-state index in [1.807, 2.05) is 24.3 Å². The summed E-state index contributed by atoms with van der Waals surface area (Å²) in [5, 5.41) is 24.6. The number of aromatic nitrogens is 2. The van der Waals surface area contributed by atoms with Crippen LogP contribution in [0.1, 0.15) is 0 Å². The summed E-state index contributed by atoms with van der Waals surface area (Å²) in [6.07, 6.45) is 0. The third kappa shape index (κ3) is 4.90. The molecule has 1 amide bonds. The molecule has 0 aliphatic rings. The molecule has 0 spiro atoms. The molecule has 0 aliphatic carbocycles. The number of carbonyl (C=O) groups is 1. The molecule has 1 aromatic heterocycles. The summed E-state index contributed by atoms with van der Waals surface area (Å²) in [7, 11) is 1.40. The standard InChI is InChI=1S/C23H17FN4O4S/c1-32-16-10-11-19(20(12-16)28(30)31)25-21(29)13-33-23-18-5-3-2-4-17(18)22(26-27-23)14-6-8-15(24)9-7-14/h2-12H,13H2,1H3,(H,25,29). The van der Waals surface area contributed by atoms with Gasteiger partial charge in [-0.25, -0.2) is 4.39 Å². The van der Waals surface area contributed by atoms with E-state index in [1.54, 1.807) is 12.1 Å². The minimum Gasteiger partial charge on any atom is -0.496 e.